The van der Waals surface area contributed by atoms with Gasteiger partial charge in [-0.15, -0.1) is 0 Å². The maximum absolute atomic E-state index is 6.43. The Hall–Kier alpha value is -3.05. The van der Waals surface area contributed by atoms with Crippen LogP contribution >= 0.6 is 11.6 Å². The molecule has 0 aliphatic rings. The predicted octanol–water partition coefficient (Wildman–Crippen LogP) is 5.42. The van der Waals surface area contributed by atoms with Crippen molar-refractivity contribution in [2.24, 2.45) is 0 Å². The lowest BCUT2D eigenvalue weighted by Crippen LogP contribution is -2.02. The predicted molar refractivity (Wildman–Crippen MR) is 109 cm³/mol. The summed E-state index contributed by atoms with van der Waals surface area (Å²) in [7, 11) is 1.65. The standard InChI is InChI=1S/C21H19ClN4O/c1-13-12-19(24-15-8-10-16(27-3)11-9-15)26-21(23-13)20(14(2)25-26)17-6-4-5-7-18(17)22/h4-12,24H,1-3H3. The summed E-state index contributed by atoms with van der Waals surface area (Å²) in [5.41, 5.74) is 5.36. The van der Waals surface area contributed by atoms with Gasteiger partial charge in [-0.05, 0) is 44.2 Å². The van der Waals surface area contributed by atoms with Crippen LogP contribution in [0.25, 0.3) is 16.8 Å². The average molecular weight is 379 g/mol. The molecule has 0 fully saturated rings. The first kappa shape index (κ1) is 17.4. The molecule has 6 heteroatoms. The fourth-order valence-electron chi connectivity index (χ4n) is 3.14. The number of anilines is 2. The van der Waals surface area contributed by atoms with E-state index in [-0.39, 0.29) is 0 Å². The van der Waals surface area contributed by atoms with Crippen molar-refractivity contribution in [2.75, 3.05) is 12.4 Å². The molecule has 0 spiro atoms. The largest absolute Gasteiger partial charge is 0.497 e. The third kappa shape index (κ3) is 3.22. The lowest BCUT2D eigenvalue weighted by molar-refractivity contribution is 0.415. The second-order valence-corrected chi connectivity index (χ2v) is 6.72. The van der Waals surface area contributed by atoms with E-state index in [1.54, 1.807) is 7.11 Å². The first-order valence-electron chi connectivity index (χ1n) is 8.60. The van der Waals surface area contributed by atoms with E-state index in [2.05, 4.69) is 5.32 Å². The van der Waals surface area contributed by atoms with Crippen LogP contribution in [0.3, 0.4) is 0 Å². The number of benzene rings is 2. The van der Waals surface area contributed by atoms with Crippen LogP contribution in [0.15, 0.2) is 54.6 Å². The topological polar surface area (TPSA) is 51.5 Å². The number of hydrogen-bond donors (Lipinski definition) is 1. The molecule has 2 heterocycles. The zero-order valence-electron chi connectivity index (χ0n) is 15.3. The molecule has 1 N–H and O–H groups in total. The minimum Gasteiger partial charge on any atom is -0.497 e. The Labute approximate surface area is 162 Å². The number of methoxy groups -OCH3 is 1. The monoisotopic (exact) mass is 378 g/mol. The Balaban J connectivity index is 1.85. The molecule has 0 bridgehead atoms. The van der Waals surface area contributed by atoms with Gasteiger partial charge in [0.25, 0.3) is 0 Å². The van der Waals surface area contributed by atoms with Crippen molar-refractivity contribution in [1.29, 1.82) is 0 Å². The first-order valence-corrected chi connectivity index (χ1v) is 8.97. The van der Waals surface area contributed by atoms with Gasteiger partial charge in [-0.3, -0.25) is 0 Å². The molecule has 0 saturated heterocycles. The molecule has 0 amide bonds. The van der Waals surface area contributed by atoms with Gasteiger partial charge >= 0.3 is 0 Å². The van der Waals surface area contributed by atoms with Crippen molar-refractivity contribution in [3.05, 3.63) is 71.0 Å². The molecule has 136 valence electrons. The maximum Gasteiger partial charge on any atom is 0.165 e. The Morgan fingerprint density at radius 3 is 2.48 bits per heavy atom. The van der Waals surface area contributed by atoms with Gasteiger partial charge in [0, 0.05) is 28.0 Å². The van der Waals surface area contributed by atoms with Crippen LogP contribution in [0, 0.1) is 13.8 Å². The van der Waals surface area contributed by atoms with E-state index in [0.717, 1.165) is 45.4 Å². The van der Waals surface area contributed by atoms with Crippen molar-refractivity contribution in [1.82, 2.24) is 14.6 Å². The Morgan fingerprint density at radius 2 is 1.78 bits per heavy atom. The molecule has 0 aliphatic heterocycles. The number of nitrogens with one attached hydrogen (secondary N) is 1. The van der Waals surface area contributed by atoms with E-state index in [0.29, 0.717) is 5.02 Å². The van der Waals surface area contributed by atoms with Gasteiger partial charge in [0.15, 0.2) is 5.65 Å². The number of aryl methyl sites for hydroxylation is 2. The van der Waals surface area contributed by atoms with Crippen molar-refractivity contribution >= 4 is 28.8 Å². The summed E-state index contributed by atoms with van der Waals surface area (Å²) in [6.45, 7) is 3.94. The van der Waals surface area contributed by atoms with Crippen molar-refractivity contribution < 1.29 is 4.74 Å². The highest BCUT2D eigenvalue weighted by Gasteiger charge is 2.18. The average Bonchev–Trinajstić information content (AvgIpc) is 2.99. The molecule has 0 atom stereocenters. The number of ether oxygens (including phenoxy) is 1. The quantitative estimate of drug-likeness (QED) is 0.515. The van der Waals surface area contributed by atoms with E-state index in [1.807, 2.05) is 73.0 Å². The number of rotatable bonds is 4. The molecule has 2 aromatic heterocycles. The molecular formula is C21H19ClN4O. The summed E-state index contributed by atoms with van der Waals surface area (Å²) >= 11 is 6.43. The highest BCUT2D eigenvalue weighted by atomic mass is 35.5. The summed E-state index contributed by atoms with van der Waals surface area (Å²) < 4.78 is 7.04. The fourth-order valence-corrected chi connectivity index (χ4v) is 3.37. The lowest BCUT2D eigenvalue weighted by atomic mass is 10.1. The molecule has 4 aromatic rings. The van der Waals surface area contributed by atoms with E-state index in [9.17, 15) is 0 Å². The van der Waals surface area contributed by atoms with Gasteiger partial charge in [-0.2, -0.15) is 9.61 Å². The summed E-state index contributed by atoms with van der Waals surface area (Å²) in [5, 5.41) is 8.81. The van der Waals surface area contributed by atoms with Crippen LogP contribution in [-0.4, -0.2) is 21.7 Å². The molecule has 0 radical (unpaired) electrons. The van der Waals surface area contributed by atoms with Gasteiger partial charge in [-0.25, -0.2) is 4.98 Å². The van der Waals surface area contributed by atoms with Crippen LogP contribution in [0.5, 0.6) is 5.75 Å². The van der Waals surface area contributed by atoms with Crippen LogP contribution in [-0.2, 0) is 0 Å². The van der Waals surface area contributed by atoms with Crippen LogP contribution < -0.4 is 10.1 Å². The van der Waals surface area contributed by atoms with E-state index >= 15 is 0 Å². The Morgan fingerprint density at radius 1 is 1.04 bits per heavy atom. The number of halogens is 1. The normalized spacial score (nSPS) is 11.0. The molecule has 0 unspecified atom stereocenters. The molecule has 2 aromatic carbocycles. The summed E-state index contributed by atoms with van der Waals surface area (Å²) in [6, 6.07) is 17.5. The smallest absolute Gasteiger partial charge is 0.165 e. The summed E-state index contributed by atoms with van der Waals surface area (Å²) in [5.74, 6) is 1.65. The molecule has 27 heavy (non-hydrogen) atoms. The SMILES string of the molecule is COc1ccc(Nc2cc(C)nc3c(-c4ccccc4Cl)c(C)nn23)cc1. The van der Waals surface area contributed by atoms with Crippen molar-refractivity contribution in [3.63, 3.8) is 0 Å². The van der Waals surface area contributed by atoms with Crippen LogP contribution in [0.4, 0.5) is 11.5 Å². The maximum atomic E-state index is 6.43. The van der Waals surface area contributed by atoms with Crippen molar-refractivity contribution in [3.8, 4) is 16.9 Å². The molecule has 0 saturated carbocycles. The molecule has 5 nitrogen and oxygen atoms in total. The second kappa shape index (κ2) is 6.93. The number of nitrogens with zero attached hydrogens (tertiary/aromatic N) is 3. The third-order valence-electron chi connectivity index (χ3n) is 4.40. The number of hydrogen-bond acceptors (Lipinski definition) is 4. The number of fused-ring (bicyclic) bond motifs is 1. The first-order chi connectivity index (χ1) is 13.1. The van der Waals surface area contributed by atoms with Crippen molar-refractivity contribution in [2.45, 2.75) is 13.8 Å². The van der Waals surface area contributed by atoms with Gasteiger partial charge in [0.1, 0.15) is 11.6 Å². The van der Waals surface area contributed by atoms with Gasteiger partial charge < -0.3 is 10.1 Å². The van der Waals surface area contributed by atoms with E-state index in [1.165, 1.54) is 0 Å². The highest BCUT2D eigenvalue weighted by molar-refractivity contribution is 6.33. The van der Waals surface area contributed by atoms with Gasteiger partial charge in [0.05, 0.1) is 18.4 Å². The Kier molecular flexibility index (Phi) is 4.46. The summed E-state index contributed by atoms with van der Waals surface area (Å²) in [4.78, 5) is 4.73. The summed E-state index contributed by atoms with van der Waals surface area (Å²) in [6.07, 6.45) is 0. The third-order valence-corrected chi connectivity index (χ3v) is 4.73. The highest BCUT2D eigenvalue weighted by Crippen LogP contribution is 2.34. The Bertz CT molecular complexity index is 1120. The molecule has 0 aliphatic carbocycles. The second-order valence-electron chi connectivity index (χ2n) is 6.31. The zero-order valence-corrected chi connectivity index (χ0v) is 16.1. The zero-order chi connectivity index (χ0) is 19.0. The lowest BCUT2D eigenvalue weighted by Gasteiger charge is -2.10. The molecular weight excluding hydrogens is 360 g/mol. The fraction of sp³-hybridized carbons (Fsp3) is 0.143. The van der Waals surface area contributed by atoms with Crippen LogP contribution in [0.2, 0.25) is 5.02 Å². The number of aromatic nitrogens is 3. The van der Waals surface area contributed by atoms with E-state index < -0.39 is 0 Å². The van der Waals surface area contributed by atoms with Gasteiger partial charge in [0.2, 0.25) is 0 Å². The minimum absolute atomic E-state index is 0.684. The van der Waals surface area contributed by atoms with Gasteiger partial charge in [-0.1, -0.05) is 29.8 Å². The van der Waals surface area contributed by atoms with Crippen LogP contribution in [0.1, 0.15) is 11.4 Å². The molecule has 4 rings (SSSR count). The minimum atomic E-state index is 0.684. The van der Waals surface area contributed by atoms with E-state index in [4.69, 9.17) is 26.4 Å².